The molecule has 0 radical (unpaired) electrons. The molecule has 1 aliphatic carbocycles. The molecule has 3 aromatic heterocycles. The summed E-state index contributed by atoms with van der Waals surface area (Å²) in [5.74, 6) is -1.67. The first-order valence-electron chi connectivity index (χ1n) is 11.3. The van der Waals surface area contributed by atoms with Crippen LogP contribution in [0, 0.1) is 11.8 Å². The number of alkyl halides is 2. The molecule has 1 aliphatic rings. The number of hydrogen-bond acceptors (Lipinski definition) is 4. The van der Waals surface area contributed by atoms with E-state index in [9.17, 15) is 18.3 Å². The van der Waals surface area contributed by atoms with Gasteiger partial charge in [-0.15, -0.1) is 0 Å². The van der Waals surface area contributed by atoms with E-state index in [1.54, 1.807) is 6.07 Å². The van der Waals surface area contributed by atoms with E-state index in [1.165, 1.54) is 23.3 Å². The Balaban J connectivity index is 1.54. The summed E-state index contributed by atoms with van der Waals surface area (Å²) in [6.07, 6.45) is 6.48. The van der Waals surface area contributed by atoms with Crippen molar-refractivity contribution in [1.29, 1.82) is 0 Å². The number of aliphatic hydroxyl groups is 1. The average molecular weight is 521 g/mol. The number of ether oxygens (including phenoxy) is 1. The Morgan fingerprint density at radius 1 is 1.19 bits per heavy atom. The van der Waals surface area contributed by atoms with Gasteiger partial charge in [-0.25, -0.2) is 14.1 Å². The van der Waals surface area contributed by atoms with Gasteiger partial charge in [0, 0.05) is 34.5 Å². The fourth-order valence-electron chi connectivity index (χ4n) is 4.64. The molecule has 0 aliphatic heterocycles. The van der Waals surface area contributed by atoms with E-state index in [-0.39, 0.29) is 34.6 Å². The smallest absolute Gasteiger partial charge is 0.387 e. The van der Waals surface area contributed by atoms with Crippen molar-refractivity contribution in [2.75, 3.05) is 0 Å². The van der Waals surface area contributed by atoms with Crippen LogP contribution >= 0.6 is 11.6 Å². The predicted octanol–water partition coefficient (Wildman–Crippen LogP) is 6.50. The minimum Gasteiger partial charge on any atom is -0.434 e. The van der Waals surface area contributed by atoms with E-state index in [0.717, 1.165) is 12.1 Å². The molecule has 4 aromatic rings. The van der Waals surface area contributed by atoms with Crippen LogP contribution in [-0.4, -0.2) is 37.6 Å². The van der Waals surface area contributed by atoms with E-state index in [0.29, 0.717) is 47.8 Å². The highest BCUT2D eigenvalue weighted by Gasteiger charge is 2.26. The molecule has 1 aromatic carbocycles. The summed E-state index contributed by atoms with van der Waals surface area (Å²) in [5, 5.41) is 14.0. The summed E-state index contributed by atoms with van der Waals surface area (Å²) in [5.41, 5.74) is 1.50. The van der Waals surface area contributed by atoms with Gasteiger partial charge in [0.05, 0.1) is 28.9 Å². The van der Waals surface area contributed by atoms with Crippen LogP contribution in [0.3, 0.4) is 0 Å². The summed E-state index contributed by atoms with van der Waals surface area (Å²) < 4.78 is 61.4. The molecule has 6 nitrogen and oxygen atoms in total. The summed E-state index contributed by atoms with van der Waals surface area (Å²) >= 11 is 6.12. The maximum atomic E-state index is 15.4. The molecule has 1 saturated carbocycles. The first-order valence-corrected chi connectivity index (χ1v) is 11.6. The van der Waals surface area contributed by atoms with Crippen molar-refractivity contribution in [3.8, 4) is 16.9 Å². The van der Waals surface area contributed by atoms with Crippen LogP contribution in [0.2, 0.25) is 5.02 Å². The third-order valence-corrected chi connectivity index (χ3v) is 6.86. The van der Waals surface area contributed by atoms with Crippen LogP contribution in [0.25, 0.3) is 27.7 Å². The van der Waals surface area contributed by atoms with Crippen molar-refractivity contribution in [2.24, 2.45) is 0 Å². The number of aliphatic hydroxyl groups excluding tert-OH is 1. The Bertz CT molecular complexity index is 1440. The van der Waals surface area contributed by atoms with Crippen LogP contribution in [0.4, 0.5) is 17.6 Å². The molecule has 1 fully saturated rings. The van der Waals surface area contributed by atoms with Gasteiger partial charge in [-0.05, 0) is 49.5 Å². The molecular weight excluding hydrogens is 500 g/mol. The summed E-state index contributed by atoms with van der Waals surface area (Å²) in [6, 6.07) is 3.50. The lowest BCUT2D eigenvalue weighted by Gasteiger charge is -2.25. The number of fused-ring (bicyclic) bond motifs is 1. The van der Waals surface area contributed by atoms with E-state index in [2.05, 4.69) is 26.4 Å². The van der Waals surface area contributed by atoms with E-state index in [4.69, 9.17) is 11.6 Å². The number of benzene rings is 1. The lowest BCUT2D eigenvalue weighted by Crippen LogP contribution is -2.22. The largest absolute Gasteiger partial charge is 0.434 e. The highest BCUT2D eigenvalue weighted by molar-refractivity contribution is 6.33. The third kappa shape index (κ3) is 4.35. The Hall–Kier alpha value is -3.37. The Labute approximate surface area is 208 Å². The van der Waals surface area contributed by atoms with Crippen molar-refractivity contribution in [1.82, 2.24) is 19.7 Å². The second-order valence-electron chi connectivity index (χ2n) is 8.67. The van der Waals surface area contributed by atoms with Crippen molar-refractivity contribution in [3.63, 3.8) is 0 Å². The summed E-state index contributed by atoms with van der Waals surface area (Å²) in [4.78, 5) is 7.30. The number of aromatic nitrogens is 4. The lowest BCUT2D eigenvalue weighted by atomic mass is 9.93. The fourth-order valence-corrected chi connectivity index (χ4v) is 4.91. The quantitative estimate of drug-likeness (QED) is 0.285. The highest BCUT2D eigenvalue weighted by Crippen LogP contribution is 2.40. The Kier molecular flexibility index (Phi) is 6.48. The molecule has 2 N–H and O–H groups in total. The highest BCUT2D eigenvalue weighted by atomic mass is 35.5. The zero-order chi connectivity index (χ0) is 25.6. The fraction of sp³-hybridized carbons (Fsp3) is 0.280. The number of H-pyrrole nitrogens is 1. The van der Waals surface area contributed by atoms with Gasteiger partial charge < -0.3 is 14.8 Å². The maximum absolute atomic E-state index is 15.4. The lowest BCUT2D eigenvalue weighted by molar-refractivity contribution is -0.0500. The maximum Gasteiger partial charge on any atom is 0.387 e. The van der Waals surface area contributed by atoms with Gasteiger partial charge in [-0.1, -0.05) is 18.2 Å². The molecule has 5 rings (SSSR count). The second-order valence-corrected chi connectivity index (χ2v) is 9.05. The second kappa shape index (κ2) is 9.59. The Morgan fingerprint density at radius 3 is 2.67 bits per heavy atom. The zero-order valence-corrected chi connectivity index (χ0v) is 19.6. The number of rotatable bonds is 6. The first-order chi connectivity index (χ1) is 17.2. The molecular formula is C25H21ClF4N4O2. The van der Waals surface area contributed by atoms with Gasteiger partial charge >= 0.3 is 6.61 Å². The predicted molar refractivity (Wildman–Crippen MR) is 127 cm³/mol. The molecule has 0 unspecified atom stereocenters. The Morgan fingerprint density at radius 2 is 1.94 bits per heavy atom. The molecule has 0 atom stereocenters. The standard InChI is InChI=1S/C25H21ClF4N4O2/c1-12(21-20(36-25(29)30)7-6-19(27)22(21)26)17-10-32-24-16(17)8-13(9-31-24)18-11-33-34(23(18)28)14-2-4-15(35)5-3-14/h6-11,14-15,25,35H,1-5H2,(H,31,32). The normalized spacial score (nSPS) is 18.2. The molecule has 0 amide bonds. The average Bonchev–Trinajstić information content (AvgIpc) is 3.44. The van der Waals surface area contributed by atoms with Gasteiger partial charge in [-0.2, -0.15) is 18.3 Å². The molecule has 0 spiro atoms. The monoisotopic (exact) mass is 520 g/mol. The molecule has 36 heavy (non-hydrogen) atoms. The number of nitrogens with one attached hydrogen (secondary N) is 1. The third-order valence-electron chi connectivity index (χ3n) is 6.49. The molecule has 3 heterocycles. The number of halogens is 5. The van der Waals surface area contributed by atoms with Crippen LogP contribution in [0.1, 0.15) is 42.9 Å². The van der Waals surface area contributed by atoms with Crippen molar-refractivity contribution in [3.05, 3.63) is 71.3 Å². The topological polar surface area (TPSA) is 76.0 Å². The van der Waals surface area contributed by atoms with Gasteiger partial charge in [0.25, 0.3) is 0 Å². The number of aromatic amines is 1. The van der Waals surface area contributed by atoms with Gasteiger partial charge in [0.1, 0.15) is 17.2 Å². The zero-order valence-electron chi connectivity index (χ0n) is 18.8. The number of pyridine rings is 1. The van der Waals surface area contributed by atoms with Crippen LogP contribution < -0.4 is 4.74 Å². The van der Waals surface area contributed by atoms with Gasteiger partial charge in [-0.3, -0.25) is 0 Å². The molecule has 0 bridgehead atoms. The molecule has 188 valence electrons. The number of nitrogens with zero attached hydrogens (tertiary/aromatic N) is 3. The van der Waals surface area contributed by atoms with Crippen LogP contribution in [-0.2, 0) is 0 Å². The molecule has 11 heteroatoms. The minimum atomic E-state index is -3.15. The van der Waals surface area contributed by atoms with Crippen molar-refractivity contribution in [2.45, 2.75) is 44.4 Å². The van der Waals surface area contributed by atoms with Crippen LogP contribution in [0.5, 0.6) is 5.75 Å². The van der Waals surface area contributed by atoms with Crippen molar-refractivity contribution >= 4 is 28.2 Å². The summed E-state index contributed by atoms with van der Waals surface area (Å²) in [6.45, 7) is 0.792. The number of hydrogen-bond donors (Lipinski definition) is 2. The minimum absolute atomic E-state index is 0.122. The van der Waals surface area contributed by atoms with Crippen molar-refractivity contribution < 1.29 is 27.4 Å². The van der Waals surface area contributed by atoms with Gasteiger partial charge in [0.15, 0.2) is 0 Å². The van der Waals surface area contributed by atoms with E-state index < -0.39 is 23.4 Å². The van der Waals surface area contributed by atoms with E-state index >= 15 is 4.39 Å². The molecule has 0 saturated heterocycles. The first kappa shape index (κ1) is 24.3. The SMILES string of the molecule is C=C(c1c(OC(F)F)ccc(F)c1Cl)c1c[nH]c2ncc(-c3cnn(C4CCC(O)CC4)c3F)cc12. The summed E-state index contributed by atoms with van der Waals surface area (Å²) in [7, 11) is 0. The van der Waals surface area contributed by atoms with Crippen LogP contribution in [0.15, 0.2) is 43.4 Å². The van der Waals surface area contributed by atoms with Gasteiger partial charge in [0.2, 0.25) is 5.95 Å². The van der Waals surface area contributed by atoms with E-state index in [1.807, 2.05) is 0 Å².